The molecule has 0 N–H and O–H groups in total. The molecule has 1 aliphatic heterocycles. The van der Waals surface area contributed by atoms with Crippen LogP contribution in [0.25, 0.3) is 10.2 Å². The Labute approximate surface area is 189 Å². The third-order valence-corrected chi connectivity index (χ3v) is 6.43. The zero-order valence-electron chi connectivity index (χ0n) is 18.5. The summed E-state index contributed by atoms with van der Waals surface area (Å²) in [4.78, 5) is 21.9. The van der Waals surface area contributed by atoms with Crippen molar-refractivity contribution >= 4 is 32.6 Å². The van der Waals surface area contributed by atoms with Crippen LogP contribution in [0.3, 0.4) is 0 Å². The second kappa shape index (κ2) is 9.60. The van der Waals surface area contributed by atoms with Gasteiger partial charge in [0.05, 0.1) is 23.6 Å². The fraction of sp³-hybridized carbons (Fsp3) is 0.500. The Morgan fingerprint density at radius 2 is 2.00 bits per heavy atom. The van der Waals surface area contributed by atoms with Crippen LogP contribution in [0.2, 0.25) is 0 Å². The number of hydrogen-bond acceptors (Lipinski definition) is 6. The third kappa shape index (κ3) is 4.82. The number of morpholine rings is 1. The van der Waals surface area contributed by atoms with Crippen molar-refractivity contribution in [3.8, 4) is 0 Å². The molecular formula is C22H27F2N5O2S. The molecule has 4 rings (SSSR count). The number of fused-ring (bicyclic) bond motifs is 1. The standard InChI is InChI=1S/C22H27F2N5O2S/c1-14(2)29-18(11-15(3)26-29)21(30)28(6-4-5-27-7-9-31-10-8-27)22-25-20-17(24)12-16(23)13-19(20)32-22/h11-14H,4-10H2,1-3H3. The molecule has 7 nitrogen and oxygen atoms in total. The smallest absolute Gasteiger partial charge is 0.278 e. The van der Waals surface area contributed by atoms with Crippen LogP contribution in [0.1, 0.15) is 42.5 Å². The van der Waals surface area contributed by atoms with Gasteiger partial charge in [-0.1, -0.05) is 11.3 Å². The quantitative estimate of drug-likeness (QED) is 0.529. The van der Waals surface area contributed by atoms with E-state index in [1.54, 1.807) is 15.6 Å². The molecule has 172 valence electrons. The zero-order chi connectivity index (χ0) is 22.8. The summed E-state index contributed by atoms with van der Waals surface area (Å²) in [7, 11) is 0. The fourth-order valence-electron chi connectivity index (χ4n) is 3.83. The van der Waals surface area contributed by atoms with Gasteiger partial charge in [0.2, 0.25) is 0 Å². The lowest BCUT2D eigenvalue weighted by Crippen LogP contribution is -2.39. The molecule has 1 amide bonds. The van der Waals surface area contributed by atoms with E-state index in [2.05, 4.69) is 15.0 Å². The molecule has 1 aromatic carbocycles. The minimum Gasteiger partial charge on any atom is -0.379 e. The van der Waals surface area contributed by atoms with E-state index in [0.29, 0.717) is 41.7 Å². The first-order chi connectivity index (χ1) is 15.3. The van der Waals surface area contributed by atoms with Crippen molar-refractivity contribution in [2.45, 2.75) is 33.2 Å². The van der Waals surface area contributed by atoms with Crippen LogP contribution in [-0.2, 0) is 4.74 Å². The molecular weight excluding hydrogens is 436 g/mol. The summed E-state index contributed by atoms with van der Waals surface area (Å²) >= 11 is 1.11. The Morgan fingerprint density at radius 3 is 2.72 bits per heavy atom. The average molecular weight is 464 g/mol. The lowest BCUT2D eigenvalue weighted by molar-refractivity contribution is 0.0376. The molecule has 0 spiro atoms. The van der Waals surface area contributed by atoms with Gasteiger partial charge in [0.15, 0.2) is 10.9 Å². The normalized spacial score (nSPS) is 15.1. The number of anilines is 1. The largest absolute Gasteiger partial charge is 0.379 e. The lowest BCUT2D eigenvalue weighted by Gasteiger charge is -2.28. The second-order valence-corrected chi connectivity index (χ2v) is 9.21. The SMILES string of the molecule is Cc1cc(C(=O)N(CCCN2CCOCC2)c2nc3c(F)cc(F)cc3s2)n(C(C)C)n1. The molecule has 3 heterocycles. The average Bonchev–Trinajstić information content (AvgIpc) is 3.35. The van der Waals surface area contributed by atoms with E-state index < -0.39 is 11.6 Å². The number of carbonyl (C=O) groups excluding carboxylic acids is 1. The maximum atomic E-state index is 14.3. The van der Waals surface area contributed by atoms with Gasteiger partial charge in [-0.2, -0.15) is 5.10 Å². The van der Waals surface area contributed by atoms with E-state index in [0.717, 1.165) is 42.7 Å². The van der Waals surface area contributed by atoms with Crippen molar-refractivity contribution in [3.05, 3.63) is 41.2 Å². The van der Waals surface area contributed by atoms with E-state index in [-0.39, 0.29) is 17.5 Å². The Balaban J connectivity index is 1.65. The van der Waals surface area contributed by atoms with E-state index in [1.165, 1.54) is 6.07 Å². The molecule has 32 heavy (non-hydrogen) atoms. The lowest BCUT2D eigenvalue weighted by atomic mass is 10.2. The number of rotatable bonds is 7. The number of aromatic nitrogens is 3. The summed E-state index contributed by atoms with van der Waals surface area (Å²) in [6.45, 7) is 10.1. The van der Waals surface area contributed by atoms with Gasteiger partial charge in [-0.25, -0.2) is 13.8 Å². The number of hydrogen-bond donors (Lipinski definition) is 0. The topological polar surface area (TPSA) is 63.5 Å². The van der Waals surface area contributed by atoms with Gasteiger partial charge in [0.25, 0.3) is 5.91 Å². The Morgan fingerprint density at radius 1 is 1.25 bits per heavy atom. The number of thiazole rings is 1. The molecule has 1 aliphatic rings. The highest BCUT2D eigenvalue weighted by molar-refractivity contribution is 7.22. The Bertz CT molecular complexity index is 1110. The van der Waals surface area contributed by atoms with Crippen molar-refractivity contribution in [2.24, 2.45) is 0 Å². The van der Waals surface area contributed by atoms with Crippen LogP contribution in [0, 0.1) is 18.6 Å². The monoisotopic (exact) mass is 463 g/mol. The maximum absolute atomic E-state index is 14.3. The van der Waals surface area contributed by atoms with Gasteiger partial charge in [-0.15, -0.1) is 0 Å². The zero-order valence-corrected chi connectivity index (χ0v) is 19.3. The van der Waals surface area contributed by atoms with Gasteiger partial charge < -0.3 is 4.74 Å². The van der Waals surface area contributed by atoms with Crippen molar-refractivity contribution in [3.63, 3.8) is 0 Å². The minimum atomic E-state index is -0.730. The molecule has 0 radical (unpaired) electrons. The van der Waals surface area contributed by atoms with Crippen LogP contribution in [0.5, 0.6) is 0 Å². The van der Waals surface area contributed by atoms with E-state index >= 15 is 0 Å². The number of amides is 1. The molecule has 3 aromatic rings. The summed E-state index contributed by atoms with van der Waals surface area (Å²) in [5, 5.41) is 4.80. The molecule has 2 aromatic heterocycles. The summed E-state index contributed by atoms with van der Waals surface area (Å²) in [5.74, 6) is -1.64. The number of aryl methyl sites for hydroxylation is 1. The molecule has 0 bridgehead atoms. The molecule has 1 saturated heterocycles. The first kappa shape index (κ1) is 22.8. The van der Waals surface area contributed by atoms with Crippen molar-refractivity contribution in [2.75, 3.05) is 44.3 Å². The molecule has 0 unspecified atom stereocenters. The number of benzene rings is 1. The highest BCUT2D eigenvalue weighted by Crippen LogP contribution is 2.32. The van der Waals surface area contributed by atoms with Crippen LogP contribution in [0.15, 0.2) is 18.2 Å². The summed E-state index contributed by atoms with van der Waals surface area (Å²) in [5.41, 5.74) is 1.27. The molecule has 0 aliphatic carbocycles. The fourth-order valence-corrected chi connectivity index (χ4v) is 4.86. The van der Waals surface area contributed by atoms with Crippen LogP contribution >= 0.6 is 11.3 Å². The number of halogens is 2. The van der Waals surface area contributed by atoms with Crippen LogP contribution in [0.4, 0.5) is 13.9 Å². The molecule has 0 atom stereocenters. The number of carbonyl (C=O) groups is 1. The first-order valence-electron chi connectivity index (χ1n) is 10.8. The van der Waals surface area contributed by atoms with E-state index in [9.17, 15) is 13.6 Å². The Hall–Kier alpha value is -2.43. The summed E-state index contributed by atoms with van der Waals surface area (Å²) in [6, 6.07) is 3.82. The molecule has 1 fully saturated rings. The Kier molecular flexibility index (Phi) is 6.82. The number of ether oxygens (including phenoxy) is 1. The predicted molar refractivity (Wildman–Crippen MR) is 120 cm³/mol. The van der Waals surface area contributed by atoms with Crippen molar-refractivity contribution < 1.29 is 18.3 Å². The highest BCUT2D eigenvalue weighted by Gasteiger charge is 2.26. The third-order valence-electron chi connectivity index (χ3n) is 5.40. The van der Waals surface area contributed by atoms with Crippen molar-refractivity contribution in [1.82, 2.24) is 19.7 Å². The maximum Gasteiger partial charge on any atom is 0.278 e. The van der Waals surface area contributed by atoms with Crippen LogP contribution < -0.4 is 4.90 Å². The van der Waals surface area contributed by atoms with Crippen LogP contribution in [-0.4, -0.2) is 65.0 Å². The van der Waals surface area contributed by atoms with E-state index in [4.69, 9.17) is 4.74 Å². The van der Waals surface area contributed by atoms with E-state index in [1.807, 2.05) is 20.8 Å². The minimum absolute atomic E-state index is 0.000225. The summed E-state index contributed by atoms with van der Waals surface area (Å²) < 4.78 is 35.5. The number of nitrogens with zero attached hydrogens (tertiary/aromatic N) is 5. The van der Waals surface area contributed by atoms with Gasteiger partial charge in [-0.05, 0) is 39.3 Å². The highest BCUT2D eigenvalue weighted by atomic mass is 32.1. The predicted octanol–water partition coefficient (Wildman–Crippen LogP) is 4.03. The second-order valence-electron chi connectivity index (χ2n) is 8.20. The van der Waals surface area contributed by atoms with Crippen molar-refractivity contribution in [1.29, 1.82) is 0 Å². The van der Waals surface area contributed by atoms with Gasteiger partial charge in [0.1, 0.15) is 17.0 Å². The molecule has 0 saturated carbocycles. The summed E-state index contributed by atoms with van der Waals surface area (Å²) in [6.07, 6.45) is 0.716. The van der Waals surface area contributed by atoms with Gasteiger partial charge >= 0.3 is 0 Å². The van der Waals surface area contributed by atoms with Gasteiger partial charge in [0, 0.05) is 38.3 Å². The molecule has 10 heteroatoms. The first-order valence-corrected chi connectivity index (χ1v) is 11.6. The van der Waals surface area contributed by atoms with Gasteiger partial charge in [-0.3, -0.25) is 19.3 Å².